The topological polar surface area (TPSA) is 74.6 Å². The summed E-state index contributed by atoms with van der Waals surface area (Å²) < 4.78 is 0. The zero-order valence-corrected chi connectivity index (χ0v) is 26.9. The Kier molecular flexibility index (Phi) is 8.26. The first-order chi connectivity index (χ1) is 18.7. The van der Waals surface area contributed by atoms with E-state index in [2.05, 4.69) is 41.5 Å². The van der Waals surface area contributed by atoms with Crippen molar-refractivity contribution >= 4 is 11.6 Å². The fourth-order valence-electron chi connectivity index (χ4n) is 12.8. The van der Waals surface area contributed by atoms with Gasteiger partial charge in [-0.2, -0.15) is 0 Å². The van der Waals surface area contributed by atoms with Crippen molar-refractivity contribution in [3.8, 4) is 0 Å². The Hall–Kier alpha value is -0.740. The van der Waals surface area contributed by atoms with Crippen LogP contribution in [0.4, 0.5) is 0 Å². The van der Waals surface area contributed by atoms with Crippen molar-refractivity contribution in [2.45, 2.75) is 138 Å². The highest BCUT2D eigenvalue weighted by atomic mass is 16.3. The molecule has 0 radical (unpaired) electrons. The fourth-order valence-corrected chi connectivity index (χ4v) is 12.8. The molecule has 4 nitrogen and oxygen atoms in total. The third kappa shape index (κ3) is 4.59. The molecule has 0 aromatic heterocycles. The lowest BCUT2D eigenvalue weighted by Gasteiger charge is -2.70. The van der Waals surface area contributed by atoms with Crippen molar-refractivity contribution in [1.82, 2.24) is 0 Å². The molecular formula is C36H60O4. The van der Waals surface area contributed by atoms with E-state index in [-0.39, 0.29) is 46.2 Å². The lowest BCUT2D eigenvalue weighted by molar-refractivity contribution is -0.253. The van der Waals surface area contributed by atoms with E-state index < -0.39 is 17.6 Å². The number of Topliss-reactive ketones (excluding diaryl/α,β-unsaturated/α-hetero) is 2. The average molecular weight is 557 g/mol. The van der Waals surface area contributed by atoms with Gasteiger partial charge in [-0.15, -0.1) is 0 Å². The maximum absolute atomic E-state index is 15.0. The molecule has 4 heteroatoms. The number of hydrogen-bond acceptors (Lipinski definition) is 4. The van der Waals surface area contributed by atoms with Crippen LogP contribution in [0.2, 0.25) is 0 Å². The van der Waals surface area contributed by atoms with Crippen LogP contribution in [-0.4, -0.2) is 34.0 Å². The van der Waals surface area contributed by atoms with Gasteiger partial charge in [-0.25, -0.2) is 0 Å². The number of ketones is 2. The second-order valence-electron chi connectivity index (χ2n) is 16.8. The van der Waals surface area contributed by atoms with Crippen LogP contribution in [0.3, 0.4) is 0 Å². The minimum Gasteiger partial charge on any atom is -0.393 e. The van der Waals surface area contributed by atoms with Crippen molar-refractivity contribution in [1.29, 1.82) is 0 Å². The van der Waals surface area contributed by atoms with E-state index >= 15 is 4.79 Å². The molecule has 14 unspecified atom stereocenters. The molecule has 0 heterocycles. The van der Waals surface area contributed by atoms with Gasteiger partial charge in [0.25, 0.3) is 0 Å². The summed E-state index contributed by atoms with van der Waals surface area (Å²) in [4.78, 5) is 27.1. The monoisotopic (exact) mass is 556 g/mol. The molecule has 0 spiro atoms. The molecule has 5 aliphatic carbocycles. The minimum absolute atomic E-state index is 0.0504. The zero-order chi connectivity index (χ0) is 29.4. The Labute approximate surface area is 244 Å². The number of aliphatic hydroxyl groups excluding tert-OH is 2. The number of carbonyl (C=O) groups excluding carboxylic acids is 2. The summed E-state index contributed by atoms with van der Waals surface area (Å²) in [5.74, 6) is 3.49. The number of rotatable bonds is 5. The second-order valence-corrected chi connectivity index (χ2v) is 16.8. The summed E-state index contributed by atoms with van der Waals surface area (Å²) in [5.41, 5.74) is -0.538. The first kappa shape index (κ1) is 30.7. The van der Waals surface area contributed by atoms with E-state index in [1.807, 2.05) is 6.92 Å². The van der Waals surface area contributed by atoms with Gasteiger partial charge < -0.3 is 15.0 Å². The van der Waals surface area contributed by atoms with Crippen molar-refractivity contribution in [2.75, 3.05) is 0 Å². The molecule has 228 valence electrons. The van der Waals surface area contributed by atoms with Gasteiger partial charge in [0.2, 0.25) is 0 Å². The number of aliphatic hydroxyl groups is 2. The Bertz CT molecular complexity index is 968. The summed E-state index contributed by atoms with van der Waals surface area (Å²) in [5, 5.41) is 22.8. The van der Waals surface area contributed by atoms with Gasteiger partial charge in [0.05, 0.1) is 12.2 Å². The predicted octanol–water partition coefficient (Wildman–Crippen LogP) is 7.49. The summed E-state index contributed by atoms with van der Waals surface area (Å²) >= 11 is 0. The number of hydrogen-bond donors (Lipinski definition) is 2. The maximum atomic E-state index is 15.0. The van der Waals surface area contributed by atoms with Gasteiger partial charge in [-0.1, -0.05) is 73.6 Å². The number of carbonyl (C=O) groups is 2. The molecule has 0 bridgehead atoms. The Morgan fingerprint density at radius 2 is 1.68 bits per heavy atom. The highest BCUT2D eigenvalue weighted by Crippen LogP contribution is 2.72. The molecule has 0 aromatic carbocycles. The summed E-state index contributed by atoms with van der Waals surface area (Å²) in [6, 6.07) is 0. The van der Waals surface area contributed by atoms with E-state index in [0.29, 0.717) is 35.9 Å². The first-order valence-electron chi connectivity index (χ1n) is 17.1. The van der Waals surface area contributed by atoms with Gasteiger partial charge in [-0.3, -0.25) is 4.79 Å². The van der Waals surface area contributed by atoms with Crippen LogP contribution in [0.1, 0.15) is 126 Å². The van der Waals surface area contributed by atoms with Gasteiger partial charge in [-0.05, 0) is 98.2 Å². The quantitative estimate of drug-likeness (QED) is 0.368. The van der Waals surface area contributed by atoms with Crippen LogP contribution in [0.15, 0.2) is 0 Å². The second kappa shape index (κ2) is 10.8. The molecule has 0 aromatic rings. The minimum atomic E-state index is -0.617. The zero-order valence-electron chi connectivity index (χ0n) is 26.9. The van der Waals surface area contributed by atoms with Crippen molar-refractivity contribution < 1.29 is 19.8 Å². The third-order valence-corrected chi connectivity index (χ3v) is 14.6. The lowest BCUT2D eigenvalue weighted by atomic mass is 9.34. The van der Waals surface area contributed by atoms with Gasteiger partial charge in [0, 0.05) is 29.6 Å². The molecule has 5 aliphatic rings. The Morgan fingerprint density at radius 1 is 1.02 bits per heavy atom. The van der Waals surface area contributed by atoms with Crippen molar-refractivity contribution in [2.24, 2.45) is 75.4 Å². The van der Waals surface area contributed by atoms with Gasteiger partial charge >= 0.3 is 0 Å². The molecule has 0 amide bonds. The van der Waals surface area contributed by atoms with E-state index in [4.69, 9.17) is 0 Å². The van der Waals surface area contributed by atoms with E-state index in [1.165, 1.54) is 38.5 Å². The standard InChI is InChI=1S/C36H60O4/c1-20-17-35(7)19-34(6)18-28-27(25-12-10-9-11-13-25)16-26(15-14-21(2)37)22(3)30(28)32(39)31(34)23(4)36(35,8)33(40)29(20)24(5)38/h20,22-31,33,38,40H,9-19H2,1-8H3. The van der Waals surface area contributed by atoms with Gasteiger partial charge in [0.15, 0.2) is 0 Å². The van der Waals surface area contributed by atoms with E-state index in [1.54, 1.807) is 6.92 Å². The highest BCUT2D eigenvalue weighted by molar-refractivity contribution is 5.86. The molecule has 5 rings (SSSR count). The fraction of sp³-hybridized carbons (Fsp3) is 0.944. The smallest absolute Gasteiger partial charge is 0.140 e. The Morgan fingerprint density at radius 3 is 2.27 bits per heavy atom. The molecule has 40 heavy (non-hydrogen) atoms. The first-order valence-corrected chi connectivity index (χ1v) is 17.1. The van der Waals surface area contributed by atoms with Crippen molar-refractivity contribution in [3.63, 3.8) is 0 Å². The molecular weight excluding hydrogens is 496 g/mol. The number of fused-ring (bicyclic) bond motifs is 3. The summed E-state index contributed by atoms with van der Waals surface area (Å²) in [6.45, 7) is 17.5. The van der Waals surface area contributed by atoms with Crippen LogP contribution < -0.4 is 0 Å². The molecule has 14 atom stereocenters. The highest BCUT2D eigenvalue weighted by Gasteiger charge is 2.70. The maximum Gasteiger partial charge on any atom is 0.140 e. The Balaban J connectivity index is 1.54. The van der Waals surface area contributed by atoms with E-state index in [9.17, 15) is 15.0 Å². The van der Waals surface area contributed by atoms with E-state index in [0.717, 1.165) is 31.6 Å². The summed E-state index contributed by atoms with van der Waals surface area (Å²) in [7, 11) is 0. The molecule has 0 saturated heterocycles. The van der Waals surface area contributed by atoms with Crippen LogP contribution in [0.5, 0.6) is 0 Å². The molecule has 0 aliphatic heterocycles. The SMILES string of the molecule is CC(=O)CCC1CC(C2CCCCC2)C2CC3(C)CC4(C)CC(C)C(C(C)O)C(O)C4(C)C(C)C3C(=O)C2C1C. The molecule has 5 fully saturated rings. The predicted molar refractivity (Wildman–Crippen MR) is 160 cm³/mol. The van der Waals surface area contributed by atoms with Crippen molar-refractivity contribution in [3.05, 3.63) is 0 Å². The third-order valence-electron chi connectivity index (χ3n) is 14.6. The lowest BCUT2D eigenvalue weighted by Crippen LogP contribution is -2.70. The van der Waals surface area contributed by atoms with Crippen LogP contribution in [0.25, 0.3) is 0 Å². The largest absolute Gasteiger partial charge is 0.393 e. The van der Waals surface area contributed by atoms with Crippen LogP contribution >= 0.6 is 0 Å². The van der Waals surface area contributed by atoms with Crippen LogP contribution in [0, 0.1) is 75.4 Å². The van der Waals surface area contributed by atoms with Crippen LogP contribution in [-0.2, 0) is 9.59 Å². The molecule has 5 saturated carbocycles. The average Bonchev–Trinajstić information content (AvgIpc) is 2.85. The normalized spacial score (nSPS) is 52.3. The molecule has 2 N–H and O–H groups in total. The van der Waals surface area contributed by atoms with Gasteiger partial charge in [0.1, 0.15) is 11.6 Å². The summed E-state index contributed by atoms with van der Waals surface area (Å²) in [6.07, 6.45) is 11.3.